The molecule has 5 heteroatoms. The number of benzene rings is 1. The highest BCUT2D eigenvalue weighted by molar-refractivity contribution is 7.98. The Kier molecular flexibility index (Phi) is 1.98. The number of nitrogens with two attached hydrogens (primary N) is 1. The number of thiophene rings is 1. The average molecular weight is 236 g/mol. The molecule has 1 aliphatic rings. The molecule has 1 aliphatic heterocycles. The molecule has 0 saturated heterocycles. The van der Waals surface area contributed by atoms with Crippen molar-refractivity contribution in [3.8, 4) is 0 Å². The molecule has 15 heavy (non-hydrogen) atoms. The Balaban J connectivity index is 2.35. The van der Waals surface area contributed by atoms with E-state index in [2.05, 4.69) is 10.8 Å². The van der Waals surface area contributed by atoms with E-state index < -0.39 is 0 Å². The zero-order valence-electron chi connectivity index (χ0n) is 7.74. The SMILES string of the molecule is NC(=O)c1scc2c3c(ccc12)CNS3. The van der Waals surface area contributed by atoms with E-state index in [-0.39, 0.29) is 5.91 Å². The van der Waals surface area contributed by atoms with Crippen LogP contribution >= 0.6 is 23.3 Å². The summed E-state index contributed by atoms with van der Waals surface area (Å²) in [4.78, 5) is 13.1. The second kappa shape index (κ2) is 3.23. The Labute approximate surface area is 94.8 Å². The average Bonchev–Trinajstić information content (AvgIpc) is 2.82. The molecule has 0 aliphatic carbocycles. The molecule has 0 saturated carbocycles. The predicted molar refractivity (Wildman–Crippen MR) is 63.0 cm³/mol. The molecular weight excluding hydrogens is 228 g/mol. The largest absolute Gasteiger partial charge is 0.365 e. The van der Waals surface area contributed by atoms with E-state index in [0.717, 1.165) is 17.3 Å². The summed E-state index contributed by atoms with van der Waals surface area (Å²) < 4.78 is 3.22. The fourth-order valence-electron chi connectivity index (χ4n) is 1.78. The first kappa shape index (κ1) is 9.21. The number of carbonyl (C=O) groups excluding carboxylic acids is 1. The van der Waals surface area contributed by atoms with Crippen LogP contribution in [-0.4, -0.2) is 5.91 Å². The Hall–Kier alpha value is -1.04. The standard InChI is InChI=1S/C10H8N2OS2/c11-10(13)9-6-2-1-5-3-12-15-8(5)7(6)4-14-9/h1-2,4,12H,3H2,(H2,11,13). The molecule has 1 aromatic carbocycles. The number of nitrogens with one attached hydrogen (secondary N) is 1. The van der Waals surface area contributed by atoms with E-state index in [1.54, 1.807) is 11.9 Å². The molecule has 1 aromatic heterocycles. The number of carbonyl (C=O) groups is 1. The molecule has 3 rings (SSSR count). The predicted octanol–water partition coefficient (Wildman–Crippen LogP) is 2.11. The monoisotopic (exact) mass is 236 g/mol. The summed E-state index contributed by atoms with van der Waals surface area (Å²) >= 11 is 3.05. The van der Waals surface area contributed by atoms with Gasteiger partial charge in [0.15, 0.2) is 0 Å². The van der Waals surface area contributed by atoms with Gasteiger partial charge < -0.3 is 5.73 Å². The third-order valence-corrected chi connectivity index (χ3v) is 4.46. The van der Waals surface area contributed by atoms with E-state index in [1.807, 2.05) is 11.4 Å². The topological polar surface area (TPSA) is 55.1 Å². The molecule has 3 N–H and O–H groups in total. The fourth-order valence-corrected chi connectivity index (χ4v) is 3.68. The van der Waals surface area contributed by atoms with Crippen LogP contribution in [0.15, 0.2) is 22.4 Å². The maximum Gasteiger partial charge on any atom is 0.259 e. The molecule has 0 unspecified atom stereocenters. The van der Waals surface area contributed by atoms with Gasteiger partial charge in [-0.25, -0.2) is 0 Å². The number of primary amides is 1. The van der Waals surface area contributed by atoms with Crippen LogP contribution in [0.5, 0.6) is 0 Å². The summed E-state index contributed by atoms with van der Waals surface area (Å²) in [6, 6.07) is 4.04. The molecule has 0 bridgehead atoms. The van der Waals surface area contributed by atoms with Crippen LogP contribution in [0, 0.1) is 0 Å². The molecular formula is C10H8N2OS2. The van der Waals surface area contributed by atoms with Gasteiger partial charge in [0.25, 0.3) is 5.91 Å². The van der Waals surface area contributed by atoms with Gasteiger partial charge in [0.05, 0.1) is 4.88 Å². The van der Waals surface area contributed by atoms with Gasteiger partial charge in [-0.3, -0.25) is 9.52 Å². The van der Waals surface area contributed by atoms with Crippen molar-refractivity contribution >= 4 is 40.0 Å². The van der Waals surface area contributed by atoms with Crippen molar-refractivity contribution < 1.29 is 4.79 Å². The molecule has 3 nitrogen and oxygen atoms in total. The molecule has 0 fully saturated rings. The van der Waals surface area contributed by atoms with Crippen molar-refractivity contribution in [2.24, 2.45) is 5.73 Å². The minimum atomic E-state index is -0.342. The zero-order chi connectivity index (χ0) is 10.4. The molecule has 1 amide bonds. The number of amides is 1. The smallest absolute Gasteiger partial charge is 0.259 e. The Morgan fingerprint density at radius 2 is 2.27 bits per heavy atom. The van der Waals surface area contributed by atoms with Crippen molar-refractivity contribution in [3.63, 3.8) is 0 Å². The third-order valence-electron chi connectivity index (χ3n) is 2.48. The summed E-state index contributed by atoms with van der Waals surface area (Å²) in [7, 11) is 0. The highest BCUT2D eigenvalue weighted by atomic mass is 32.2. The quantitative estimate of drug-likeness (QED) is 0.746. The maximum atomic E-state index is 11.2. The number of hydrogen-bond acceptors (Lipinski definition) is 4. The van der Waals surface area contributed by atoms with Crippen molar-refractivity contribution in [3.05, 3.63) is 28.0 Å². The van der Waals surface area contributed by atoms with Crippen LogP contribution in [0.1, 0.15) is 15.2 Å². The van der Waals surface area contributed by atoms with Crippen LogP contribution < -0.4 is 10.5 Å². The van der Waals surface area contributed by atoms with Gasteiger partial charge in [0.1, 0.15) is 0 Å². The van der Waals surface area contributed by atoms with Crippen molar-refractivity contribution in [2.75, 3.05) is 0 Å². The second-order valence-corrected chi connectivity index (χ2v) is 5.15. The normalized spacial score (nSPS) is 14.4. The van der Waals surface area contributed by atoms with Gasteiger partial charge >= 0.3 is 0 Å². The summed E-state index contributed by atoms with van der Waals surface area (Å²) in [5.74, 6) is -0.342. The van der Waals surface area contributed by atoms with Gasteiger partial charge in [0.2, 0.25) is 0 Å². The Morgan fingerprint density at radius 1 is 1.40 bits per heavy atom. The first-order chi connectivity index (χ1) is 7.27. The first-order valence-electron chi connectivity index (χ1n) is 4.50. The zero-order valence-corrected chi connectivity index (χ0v) is 9.37. The molecule has 2 heterocycles. The summed E-state index contributed by atoms with van der Waals surface area (Å²) in [6.45, 7) is 0.887. The van der Waals surface area contributed by atoms with Crippen molar-refractivity contribution in [1.29, 1.82) is 0 Å². The lowest BCUT2D eigenvalue weighted by molar-refractivity contribution is 0.101. The molecule has 0 atom stereocenters. The van der Waals surface area contributed by atoms with E-state index in [0.29, 0.717) is 4.88 Å². The molecule has 0 spiro atoms. The third kappa shape index (κ3) is 1.27. The summed E-state index contributed by atoms with van der Waals surface area (Å²) in [5, 5.41) is 4.12. The van der Waals surface area contributed by atoms with E-state index in [9.17, 15) is 4.79 Å². The van der Waals surface area contributed by atoms with E-state index in [4.69, 9.17) is 5.73 Å². The van der Waals surface area contributed by atoms with Gasteiger partial charge in [-0.15, -0.1) is 11.3 Å². The van der Waals surface area contributed by atoms with Crippen LogP contribution in [0.4, 0.5) is 0 Å². The van der Waals surface area contributed by atoms with Crippen LogP contribution in [0.3, 0.4) is 0 Å². The Morgan fingerprint density at radius 3 is 3.07 bits per heavy atom. The highest BCUT2D eigenvalue weighted by Crippen LogP contribution is 2.38. The van der Waals surface area contributed by atoms with Gasteiger partial charge in [-0.1, -0.05) is 12.1 Å². The van der Waals surface area contributed by atoms with Crippen LogP contribution in [0.2, 0.25) is 0 Å². The van der Waals surface area contributed by atoms with Gasteiger partial charge in [-0.2, -0.15) is 0 Å². The summed E-state index contributed by atoms with van der Waals surface area (Å²) in [6.07, 6.45) is 0. The first-order valence-corrected chi connectivity index (χ1v) is 6.19. The van der Waals surface area contributed by atoms with Crippen LogP contribution in [0.25, 0.3) is 10.8 Å². The molecule has 2 aromatic rings. The lowest BCUT2D eigenvalue weighted by Gasteiger charge is -1.99. The number of rotatable bonds is 1. The fraction of sp³-hybridized carbons (Fsp3) is 0.100. The van der Waals surface area contributed by atoms with Crippen LogP contribution in [-0.2, 0) is 6.54 Å². The van der Waals surface area contributed by atoms with Crippen molar-refractivity contribution in [1.82, 2.24) is 4.72 Å². The lowest BCUT2D eigenvalue weighted by Crippen LogP contribution is -2.08. The minimum Gasteiger partial charge on any atom is -0.365 e. The van der Waals surface area contributed by atoms with E-state index in [1.165, 1.54) is 21.8 Å². The van der Waals surface area contributed by atoms with Gasteiger partial charge in [0, 0.05) is 27.6 Å². The second-order valence-electron chi connectivity index (χ2n) is 3.37. The number of fused-ring (bicyclic) bond motifs is 3. The maximum absolute atomic E-state index is 11.2. The number of hydrogen-bond donors (Lipinski definition) is 2. The van der Waals surface area contributed by atoms with Crippen molar-refractivity contribution in [2.45, 2.75) is 11.4 Å². The Bertz CT molecular complexity index is 562. The van der Waals surface area contributed by atoms with Gasteiger partial charge in [-0.05, 0) is 17.5 Å². The minimum absolute atomic E-state index is 0.342. The van der Waals surface area contributed by atoms with E-state index >= 15 is 0 Å². The molecule has 76 valence electrons. The highest BCUT2D eigenvalue weighted by Gasteiger charge is 2.18. The summed E-state index contributed by atoms with van der Waals surface area (Å²) in [5.41, 5.74) is 6.61. The molecule has 0 radical (unpaired) electrons. The lowest BCUT2D eigenvalue weighted by atomic mass is 10.1.